The van der Waals surface area contributed by atoms with Crippen LogP contribution < -0.4 is 0 Å². The van der Waals surface area contributed by atoms with Crippen LogP contribution in [0.2, 0.25) is 0 Å². The zero-order valence-corrected chi connectivity index (χ0v) is 16.5. The number of hydrogen-bond acceptors (Lipinski definition) is 1. The Labute approximate surface area is 151 Å². The molecule has 2 aliphatic carbocycles. The Morgan fingerprint density at radius 2 is 1.62 bits per heavy atom. The van der Waals surface area contributed by atoms with Gasteiger partial charge in [-0.15, -0.1) is 0 Å². The highest BCUT2D eigenvalue weighted by Gasteiger charge is 2.33. The van der Waals surface area contributed by atoms with E-state index in [9.17, 15) is 0 Å². The fourth-order valence-corrected chi connectivity index (χ4v) is 5.02. The molecule has 0 aromatic rings. The Bertz CT molecular complexity index is 332. The summed E-state index contributed by atoms with van der Waals surface area (Å²) in [6.45, 7) is 5.54. The summed E-state index contributed by atoms with van der Waals surface area (Å²) in [5, 5.41) is 0. The van der Waals surface area contributed by atoms with Gasteiger partial charge in [-0.3, -0.25) is 0 Å². The van der Waals surface area contributed by atoms with Crippen LogP contribution in [0.15, 0.2) is 12.2 Å². The van der Waals surface area contributed by atoms with Crippen molar-refractivity contribution >= 4 is 0 Å². The molecule has 0 amide bonds. The van der Waals surface area contributed by atoms with Crippen LogP contribution in [0.25, 0.3) is 0 Å². The third kappa shape index (κ3) is 6.90. The topological polar surface area (TPSA) is 9.23 Å². The molecule has 0 aromatic carbocycles. The first kappa shape index (κ1) is 20.0. The van der Waals surface area contributed by atoms with Crippen molar-refractivity contribution in [3.05, 3.63) is 12.2 Å². The zero-order valence-electron chi connectivity index (χ0n) is 16.5. The molecule has 140 valence electrons. The van der Waals surface area contributed by atoms with Gasteiger partial charge in [0.1, 0.15) is 0 Å². The molecule has 24 heavy (non-hydrogen) atoms. The summed E-state index contributed by atoms with van der Waals surface area (Å²) in [5.41, 5.74) is 0.687. The quantitative estimate of drug-likeness (QED) is 0.298. The lowest BCUT2D eigenvalue weighted by Gasteiger charge is -2.40. The lowest BCUT2D eigenvalue weighted by Crippen LogP contribution is -2.27. The SMILES string of the molecule is CCCCC[C@]1(CCC)CC[C@@H](/C=C/COC2CCCCC2)CC1. The van der Waals surface area contributed by atoms with E-state index in [-0.39, 0.29) is 0 Å². The first-order valence-corrected chi connectivity index (χ1v) is 11.1. The maximum atomic E-state index is 6.03. The van der Waals surface area contributed by atoms with Crippen molar-refractivity contribution < 1.29 is 4.74 Å². The smallest absolute Gasteiger partial charge is 0.0651 e. The summed E-state index contributed by atoms with van der Waals surface area (Å²) in [6.07, 6.45) is 26.3. The minimum atomic E-state index is 0.547. The molecule has 0 saturated heterocycles. The molecule has 0 bridgehead atoms. The van der Waals surface area contributed by atoms with Crippen molar-refractivity contribution in [2.75, 3.05) is 6.61 Å². The third-order valence-electron chi connectivity index (χ3n) is 6.57. The Morgan fingerprint density at radius 1 is 0.875 bits per heavy atom. The van der Waals surface area contributed by atoms with Crippen LogP contribution in [-0.4, -0.2) is 12.7 Å². The van der Waals surface area contributed by atoms with E-state index in [1.165, 1.54) is 96.3 Å². The monoisotopic (exact) mass is 334 g/mol. The van der Waals surface area contributed by atoms with Crippen molar-refractivity contribution in [3.63, 3.8) is 0 Å². The Kier molecular flexibility index (Phi) is 9.46. The molecule has 0 aromatic heterocycles. The summed E-state index contributed by atoms with van der Waals surface area (Å²) in [4.78, 5) is 0. The van der Waals surface area contributed by atoms with Crippen LogP contribution in [0.4, 0.5) is 0 Å². The fraction of sp³-hybridized carbons (Fsp3) is 0.913. The van der Waals surface area contributed by atoms with Gasteiger partial charge in [0, 0.05) is 0 Å². The first-order chi connectivity index (χ1) is 11.8. The van der Waals surface area contributed by atoms with E-state index >= 15 is 0 Å². The average molecular weight is 335 g/mol. The molecule has 1 heteroatoms. The Hall–Kier alpha value is -0.300. The summed E-state index contributed by atoms with van der Waals surface area (Å²) >= 11 is 0. The van der Waals surface area contributed by atoms with Crippen molar-refractivity contribution in [2.45, 2.75) is 116 Å². The van der Waals surface area contributed by atoms with Crippen molar-refractivity contribution in [1.82, 2.24) is 0 Å². The normalized spacial score (nSPS) is 29.3. The lowest BCUT2D eigenvalue weighted by atomic mass is 9.65. The standard InChI is InChI=1S/C23H42O/c1-3-5-9-17-23(16-4-2)18-14-21(15-19-23)11-10-20-24-22-12-7-6-8-13-22/h10-11,21-22H,3-9,12-20H2,1-2H3/b11-10+/t21-,23-. The van der Waals surface area contributed by atoms with E-state index in [2.05, 4.69) is 26.0 Å². The summed E-state index contributed by atoms with van der Waals surface area (Å²) in [7, 11) is 0. The summed E-state index contributed by atoms with van der Waals surface area (Å²) in [6, 6.07) is 0. The number of unbranched alkanes of at least 4 members (excludes halogenated alkanes) is 2. The van der Waals surface area contributed by atoms with Crippen LogP contribution in [0, 0.1) is 11.3 Å². The molecule has 0 N–H and O–H groups in total. The van der Waals surface area contributed by atoms with Crippen LogP contribution in [-0.2, 0) is 4.74 Å². The minimum Gasteiger partial charge on any atom is -0.374 e. The molecule has 1 nitrogen and oxygen atoms in total. The Morgan fingerprint density at radius 3 is 2.29 bits per heavy atom. The van der Waals surface area contributed by atoms with E-state index in [1.54, 1.807) is 0 Å². The van der Waals surface area contributed by atoms with Crippen molar-refractivity contribution in [3.8, 4) is 0 Å². The van der Waals surface area contributed by atoms with E-state index in [4.69, 9.17) is 4.74 Å². The van der Waals surface area contributed by atoms with E-state index in [1.807, 2.05) is 0 Å². The van der Waals surface area contributed by atoms with Crippen molar-refractivity contribution in [2.24, 2.45) is 11.3 Å². The molecule has 2 rings (SSSR count). The predicted octanol–water partition coefficient (Wildman–Crippen LogP) is 7.45. The van der Waals surface area contributed by atoms with Gasteiger partial charge in [-0.1, -0.05) is 70.9 Å². The highest BCUT2D eigenvalue weighted by molar-refractivity contribution is 4.95. The van der Waals surface area contributed by atoms with Crippen molar-refractivity contribution in [1.29, 1.82) is 0 Å². The zero-order chi connectivity index (χ0) is 17.1. The average Bonchev–Trinajstić information content (AvgIpc) is 2.62. The van der Waals surface area contributed by atoms with Gasteiger partial charge in [0.15, 0.2) is 0 Å². The third-order valence-corrected chi connectivity index (χ3v) is 6.57. The van der Waals surface area contributed by atoms with Crippen LogP contribution >= 0.6 is 0 Å². The molecule has 0 spiro atoms. The van der Waals surface area contributed by atoms with Gasteiger partial charge in [0.2, 0.25) is 0 Å². The number of ether oxygens (including phenoxy) is 1. The second-order valence-electron chi connectivity index (χ2n) is 8.57. The molecule has 0 atom stereocenters. The van der Waals surface area contributed by atoms with Gasteiger partial charge in [-0.25, -0.2) is 0 Å². The molecule has 2 saturated carbocycles. The van der Waals surface area contributed by atoms with E-state index in [0.717, 1.165) is 12.5 Å². The fourth-order valence-electron chi connectivity index (χ4n) is 5.02. The summed E-state index contributed by atoms with van der Waals surface area (Å²) in [5.74, 6) is 0.816. The molecular formula is C23H42O. The maximum absolute atomic E-state index is 6.03. The Balaban J connectivity index is 1.66. The molecule has 2 fully saturated rings. The maximum Gasteiger partial charge on any atom is 0.0651 e. The lowest BCUT2D eigenvalue weighted by molar-refractivity contribution is 0.0462. The number of allylic oxidation sites excluding steroid dienone is 1. The molecule has 0 unspecified atom stereocenters. The molecule has 0 radical (unpaired) electrons. The second kappa shape index (κ2) is 11.3. The number of rotatable bonds is 10. The van der Waals surface area contributed by atoms with E-state index in [0.29, 0.717) is 11.5 Å². The van der Waals surface area contributed by atoms with Gasteiger partial charge < -0.3 is 4.74 Å². The largest absolute Gasteiger partial charge is 0.374 e. The first-order valence-electron chi connectivity index (χ1n) is 11.1. The van der Waals surface area contributed by atoms with Gasteiger partial charge in [-0.05, 0) is 62.7 Å². The van der Waals surface area contributed by atoms with Gasteiger partial charge in [-0.2, -0.15) is 0 Å². The molecule has 0 aliphatic heterocycles. The van der Waals surface area contributed by atoms with Gasteiger partial charge in [0.05, 0.1) is 12.7 Å². The van der Waals surface area contributed by atoms with Gasteiger partial charge >= 0.3 is 0 Å². The second-order valence-corrected chi connectivity index (χ2v) is 8.57. The number of hydrogen-bond donors (Lipinski definition) is 0. The minimum absolute atomic E-state index is 0.547. The predicted molar refractivity (Wildman–Crippen MR) is 105 cm³/mol. The van der Waals surface area contributed by atoms with E-state index < -0.39 is 0 Å². The highest BCUT2D eigenvalue weighted by atomic mass is 16.5. The molecular weight excluding hydrogens is 292 g/mol. The van der Waals surface area contributed by atoms with Crippen LogP contribution in [0.1, 0.15) is 110 Å². The molecule has 0 heterocycles. The highest BCUT2D eigenvalue weighted by Crippen LogP contribution is 2.46. The van der Waals surface area contributed by atoms with Crippen LogP contribution in [0.3, 0.4) is 0 Å². The van der Waals surface area contributed by atoms with Gasteiger partial charge in [0.25, 0.3) is 0 Å². The van der Waals surface area contributed by atoms with Crippen LogP contribution in [0.5, 0.6) is 0 Å². The summed E-state index contributed by atoms with van der Waals surface area (Å²) < 4.78 is 6.03. The molecule has 2 aliphatic rings.